The zero-order chi connectivity index (χ0) is 26.2. The Hall–Kier alpha value is -2.64. The monoisotopic (exact) mass is 515 g/mol. The van der Waals surface area contributed by atoms with Crippen LogP contribution in [0.25, 0.3) is 0 Å². The van der Waals surface area contributed by atoms with Crippen molar-refractivity contribution in [2.75, 3.05) is 13.4 Å². The lowest BCUT2D eigenvalue weighted by Crippen LogP contribution is -2.06. The van der Waals surface area contributed by atoms with Gasteiger partial charge in [0.25, 0.3) is 0 Å². The number of aryl methyl sites for hydroxylation is 2. The van der Waals surface area contributed by atoms with E-state index in [4.69, 9.17) is 13.7 Å². The zero-order valence-electron chi connectivity index (χ0n) is 21.7. The molecule has 0 spiro atoms. The second-order valence-corrected chi connectivity index (χ2v) is 8.81. The number of carbonyl (C=O) groups is 1. The molecule has 35 heavy (non-hydrogen) atoms. The van der Waals surface area contributed by atoms with E-state index in [1.54, 1.807) is 6.08 Å². The number of ether oxygens (including phenoxy) is 2. The summed E-state index contributed by atoms with van der Waals surface area (Å²) in [4.78, 5) is 16.6. The number of nitrogens with zero attached hydrogens (tertiary/aromatic N) is 1. The lowest BCUT2D eigenvalue weighted by Gasteiger charge is -2.12. The van der Waals surface area contributed by atoms with Gasteiger partial charge in [0.1, 0.15) is 23.0 Å². The summed E-state index contributed by atoms with van der Waals surface area (Å²) < 4.78 is 15.4. The smallest absolute Gasteiger partial charge is 0.348 e. The van der Waals surface area contributed by atoms with Crippen LogP contribution < -0.4 is 4.18 Å². The van der Waals surface area contributed by atoms with Gasteiger partial charge in [-0.1, -0.05) is 50.3 Å². The summed E-state index contributed by atoms with van der Waals surface area (Å²) in [5, 5.41) is 0. The van der Waals surface area contributed by atoms with Crippen molar-refractivity contribution in [1.29, 1.82) is 0 Å². The van der Waals surface area contributed by atoms with Crippen LogP contribution in [0.1, 0.15) is 43.9 Å². The van der Waals surface area contributed by atoms with Gasteiger partial charge in [0.05, 0.1) is 12.8 Å². The van der Waals surface area contributed by atoms with Gasteiger partial charge < -0.3 is 13.7 Å². The molecule has 0 aromatic heterocycles. The Kier molecular flexibility index (Phi) is 14.7. The van der Waals surface area contributed by atoms with Gasteiger partial charge in [0.2, 0.25) is 0 Å². The van der Waals surface area contributed by atoms with Gasteiger partial charge in [0, 0.05) is 25.2 Å². The molecule has 0 saturated heterocycles. The van der Waals surface area contributed by atoms with E-state index in [-0.39, 0.29) is 5.97 Å². The van der Waals surface area contributed by atoms with E-state index in [1.165, 1.54) is 18.9 Å². The molecule has 5 nitrogen and oxygen atoms in total. The van der Waals surface area contributed by atoms with Crippen molar-refractivity contribution in [3.8, 4) is 5.75 Å². The number of thiol groups is 1. The molecule has 7 heteroatoms. The van der Waals surface area contributed by atoms with E-state index in [1.807, 2.05) is 81.8 Å². The maximum Gasteiger partial charge on any atom is 0.348 e. The molecule has 0 saturated carbocycles. The fraction of sp³-hybridized carbons (Fsp3) is 0.357. The number of methoxy groups -OCH3 is 1. The van der Waals surface area contributed by atoms with Crippen LogP contribution in [0.5, 0.6) is 5.75 Å². The lowest BCUT2D eigenvalue weighted by atomic mass is 10.1. The molecule has 0 N–H and O–H groups in total. The minimum absolute atomic E-state index is 0.379. The normalized spacial score (nSPS) is 12.6. The zero-order valence-corrected chi connectivity index (χ0v) is 23.4. The molecular weight excluding hydrogens is 478 g/mol. The van der Waals surface area contributed by atoms with Crippen molar-refractivity contribution >= 4 is 42.5 Å². The molecule has 1 unspecified atom stereocenters. The molecule has 0 amide bonds. The summed E-state index contributed by atoms with van der Waals surface area (Å²) in [6.07, 6.45) is 8.52. The molecule has 0 radical (unpaired) electrons. The van der Waals surface area contributed by atoms with Gasteiger partial charge in [-0.15, -0.1) is 11.8 Å². The first-order chi connectivity index (χ1) is 16.8. The van der Waals surface area contributed by atoms with E-state index in [9.17, 15) is 4.79 Å². The predicted molar refractivity (Wildman–Crippen MR) is 152 cm³/mol. The number of aliphatic imine (C=N–C) groups is 1. The highest BCUT2D eigenvalue weighted by Gasteiger charge is 2.15. The number of hydrogen-bond acceptors (Lipinski definition) is 7. The highest BCUT2D eigenvalue weighted by Crippen LogP contribution is 2.25. The lowest BCUT2D eigenvalue weighted by molar-refractivity contribution is -0.135. The molecule has 0 heterocycles. The van der Waals surface area contributed by atoms with Crippen LogP contribution >= 0.6 is 24.7 Å². The maximum absolute atomic E-state index is 11.7. The van der Waals surface area contributed by atoms with Crippen LogP contribution in [-0.4, -0.2) is 25.5 Å². The van der Waals surface area contributed by atoms with Crippen LogP contribution in [0, 0.1) is 19.8 Å². The average molecular weight is 516 g/mol. The van der Waals surface area contributed by atoms with Crippen LogP contribution in [0.15, 0.2) is 70.3 Å². The Morgan fingerprint density at radius 3 is 2.46 bits per heavy atom. The van der Waals surface area contributed by atoms with Crippen LogP contribution in [0.4, 0.5) is 5.69 Å². The molecule has 2 rings (SSSR count). The van der Waals surface area contributed by atoms with Crippen molar-refractivity contribution in [3.63, 3.8) is 0 Å². The van der Waals surface area contributed by atoms with Gasteiger partial charge in [-0.2, -0.15) is 0 Å². The van der Waals surface area contributed by atoms with Gasteiger partial charge >= 0.3 is 5.97 Å². The van der Waals surface area contributed by atoms with Crippen molar-refractivity contribution in [1.82, 2.24) is 0 Å². The highest BCUT2D eigenvalue weighted by atomic mass is 32.2. The first kappa shape index (κ1) is 30.4. The molecule has 0 bridgehead atoms. The summed E-state index contributed by atoms with van der Waals surface area (Å²) in [6, 6.07) is 13.8. The van der Waals surface area contributed by atoms with Crippen LogP contribution in [-0.2, 0) is 20.9 Å². The molecular formula is C28H37NO4S2. The largest absolute Gasteiger partial charge is 0.487 e. The van der Waals surface area contributed by atoms with E-state index >= 15 is 0 Å². The van der Waals surface area contributed by atoms with Crippen LogP contribution in [0.3, 0.4) is 0 Å². The highest BCUT2D eigenvalue weighted by molar-refractivity contribution is 8.03. The standard InChI is InChI=1S/C16H20O3S.C12H17NOS/c1-5-8-14(15(20-4)16(17)18-3)19-11-13-10-7-6-9-12(13)2;1-4-9(2)8-13-12-7-11(14-15)6-5-10(12)3/h5-10H,11H2,1-4H3;5-9,15H,4H2,1-3H3/b8-5+,15-14+;. The van der Waals surface area contributed by atoms with Crippen molar-refractivity contribution in [3.05, 3.63) is 82.0 Å². The van der Waals surface area contributed by atoms with Gasteiger partial charge in [-0.05, 0) is 68.2 Å². The third-order valence-corrected chi connectivity index (χ3v) is 6.15. The fourth-order valence-corrected chi connectivity index (χ4v) is 3.44. The first-order valence-electron chi connectivity index (χ1n) is 11.4. The van der Waals surface area contributed by atoms with E-state index in [0.717, 1.165) is 34.5 Å². The molecule has 0 fully saturated rings. The van der Waals surface area contributed by atoms with E-state index < -0.39 is 0 Å². The number of thioether (sulfide) groups is 1. The van der Waals surface area contributed by atoms with Gasteiger partial charge in [0.15, 0.2) is 0 Å². The minimum atomic E-state index is -0.379. The van der Waals surface area contributed by atoms with Gasteiger partial charge in [-0.3, -0.25) is 4.99 Å². The topological polar surface area (TPSA) is 57.1 Å². The second-order valence-electron chi connectivity index (χ2n) is 7.81. The van der Waals surface area contributed by atoms with E-state index in [0.29, 0.717) is 23.2 Å². The Labute approximate surface area is 220 Å². The maximum atomic E-state index is 11.7. The summed E-state index contributed by atoms with van der Waals surface area (Å²) >= 11 is 5.09. The molecule has 190 valence electrons. The Balaban J connectivity index is 0.000000365. The van der Waals surface area contributed by atoms with Crippen molar-refractivity contribution in [2.45, 2.75) is 47.6 Å². The van der Waals surface area contributed by atoms with Crippen molar-refractivity contribution in [2.24, 2.45) is 10.9 Å². The number of hydrogen-bond donors (Lipinski definition) is 1. The SMILES string of the molecule is C/C=C/C(OCc1ccccc1C)=C(\SC)C(=O)OC.CCC(C)C=Nc1cc(OS)ccc1C. The molecule has 2 aromatic rings. The number of benzene rings is 2. The summed E-state index contributed by atoms with van der Waals surface area (Å²) in [5.41, 5.74) is 4.35. The predicted octanol–water partition coefficient (Wildman–Crippen LogP) is 7.80. The molecule has 0 aliphatic rings. The molecule has 1 atom stereocenters. The molecule has 0 aliphatic heterocycles. The Morgan fingerprint density at radius 2 is 1.89 bits per heavy atom. The number of allylic oxidation sites excluding steroid dienone is 2. The number of rotatable bonds is 10. The Bertz CT molecular complexity index is 1030. The summed E-state index contributed by atoms with van der Waals surface area (Å²) in [7, 11) is 1.37. The molecule has 2 aromatic carbocycles. The first-order valence-corrected chi connectivity index (χ1v) is 13.0. The second kappa shape index (κ2) is 16.9. The third kappa shape index (κ3) is 10.7. The van der Waals surface area contributed by atoms with Gasteiger partial charge in [-0.25, -0.2) is 4.79 Å². The number of carbonyl (C=O) groups excluding carboxylic acids is 1. The quantitative estimate of drug-likeness (QED) is 0.0665. The number of esters is 1. The average Bonchev–Trinajstić information content (AvgIpc) is 2.87. The molecule has 0 aliphatic carbocycles. The van der Waals surface area contributed by atoms with Crippen LogP contribution in [0.2, 0.25) is 0 Å². The summed E-state index contributed by atoms with van der Waals surface area (Å²) in [5.74, 6) is 1.38. The fourth-order valence-electron chi connectivity index (χ4n) is 2.74. The minimum Gasteiger partial charge on any atom is -0.487 e. The van der Waals surface area contributed by atoms with E-state index in [2.05, 4.69) is 31.7 Å². The summed E-state index contributed by atoms with van der Waals surface area (Å²) in [6.45, 7) is 10.7. The third-order valence-electron chi connectivity index (χ3n) is 5.16. The van der Waals surface area contributed by atoms with Crippen molar-refractivity contribution < 1.29 is 18.5 Å². The Morgan fingerprint density at radius 1 is 1.17 bits per heavy atom.